The zero-order chi connectivity index (χ0) is 14.0. The van der Waals surface area contributed by atoms with E-state index in [4.69, 9.17) is 9.84 Å². The molecule has 1 saturated heterocycles. The number of nitrogens with zero attached hydrogens (tertiary/aromatic N) is 1. The van der Waals surface area contributed by atoms with E-state index in [-0.39, 0.29) is 25.2 Å². The Morgan fingerprint density at radius 3 is 2.37 bits per heavy atom. The average molecular weight is 292 g/mol. The van der Waals surface area contributed by atoms with Crippen LogP contribution in [-0.4, -0.2) is 56.1 Å². The van der Waals surface area contributed by atoms with Crippen LogP contribution in [0.5, 0.6) is 0 Å². The van der Waals surface area contributed by atoms with Crippen molar-refractivity contribution in [3.8, 4) is 0 Å². The number of carboxylic acid groups (broad SMARTS) is 1. The Morgan fingerprint density at radius 2 is 1.89 bits per heavy atom. The number of methoxy groups -OCH3 is 1. The number of aliphatic carboxylic acids is 1. The van der Waals surface area contributed by atoms with Gasteiger partial charge in [0.25, 0.3) is 10.2 Å². The number of hydrogen-bond acceptors (Lipinski definition) is 4. The zero-order valence-corrected chi connectivity index (χ0v) is 11.7. The Hall–Kier alpha value is -0.700. The first kappa shape index (κ1) is 14.7. The van der Waals surface area contributed by atoms with Crippen LogP contribution < -0.4 is 4.72 Å². The second-order valence-electron chi connectivity index (χ2n) is 5.16. The summed E-state index contributed by atoms with van der Waals surface area (Å²) in [6.45, 7) is 0.541. The van der Waals surface area contributed by atoms with Crippen molar-refractivity contribution in [3.05, 3.63) is 0 Å². The number of hydrogen-bond donors (Lipinski definition) is 2. The average Bonchev–Trinajstić information content (AvgIpc) is 2.33. The predicted molar refractivity (Wildman–Crippen MR) is 67.8 cm³/mol. The molecule has 0 aromatic rings. The van der Waals surface area contributed by atoms with Crippen molar-refractivity contribution in [3.63, 3.8) is 0 Å². The molecule has 8 heteroatoms. The van der Waals surface area contributed by atoms with Crippen LogP contribution in [0.4, 0.5) is 0 Å². The second kappa shape index (κ2) is 5.74. The van der Waals surface area contributed by atoms with E-state index >= 15 is 0 Å². The lowest BCUT2D eigenvalue weighted by Gasteiger charge is -2.37. The fourth-order valence-electron chi connectivity index (χ4n) is 2.48. The molecular formula is C11H20N2O5S. The zero-order valence-electron chi connectivity index (χ0n) is 10.9. The highest BCUT2D eigenvalue weighted by Crippen LogP contribution is 2.25. The summed E-state index contributed by atoms with van der Waals surface area (Å²) >= 11 is 0. The van der Waals surface area contributed by atoms with Crippen LogP contribution in [0.25, 0.3) is 0 Å². The Balaban J connectivity index is 1.83. The standard InChI is InChI=1S/C11H20N2O5S/c1-18-10-6-9(7-10)12-19(16,17)13-4-2-8(3-5-13)11(14)15/h8-10,12H,2-7H2,1H3,(H,14,15). The van der Waals surface area contributed by atoms with E-state index in [1.54, 1.807) is 7.11 Å². The molecule has 1 aliphatic carbocycles. The van der Waals surface area contributed by atoms with Gasteiger partial charge in [-0.1, -0.05) is 0 Å². The lowest BCUT2D eigenvalue weighted by Crippen LogP contribution is -2.53. The maximum Gasteiger partial charge on any atom is 0.306 e. The van der Waals surface area contributed by atoms with Crippen LogP contribution in [0.1, 0.15) is 25.7 Å². The van der Waals surface area contributed by atoms with E-state index < -0.39 is 22.1 Å². The Bertz CT molecular complexity index is 424. The summed E-state index contributed by atoms with van der Waals surface area (Å²) in [6, 6.07) is -0.0628. The van der Waals surface area contributed by atoms with Crippen LogP contribution in [0.3, 0.4) is 0 Å². The Labute approximate surface area is 113 Å². The van der Waals surface area contributed by atoms with Gasteiger partial charge in [-0.15, -0.1) is 0 Å². The molecule has 7 nitrogen and oxygen atoms in total. The third-order valence-electron chi connectivity index (χ3n) is 3.89. The molecule has 110 valence electrons. The summed E-state index contributed by atoms with van der Waals surface area (Å²) in [5.41, 5.74) is 0. The smallest absolute Gasteiger partial charge is 0.306 e. The van der Waals surface area contributed by atoms with Crippen LogP contribution in [0.2, 0.25) is 0 Å². The minimum atomic E-state index is -3.49. The number of nitrogens with one attached hydrogen (secondary N) is 1. The van der Waals surface area contributed by atoms with Crippen molar-refractivity contribution in [2.45, 2.75) is 37.8 Å². The molecule has 1 saturated carbocycles. The molecular weight excluding hydrogens is 272 g/mol. The summed E-state index contributed by atoms with van der Waals surface area (Å²) in [7, 11) is -1.87. The number of piperidine rings is 1. The summed E-state index contributed by atoms with van der Waals surface area (Å²) < 4.78 is 33.3. The van der Waals surface area contributed by atoms with Gasteiger partial charge >= 0.3 is 5.97 Å². The molecule has 0 atom stereocenters. The molecule has 0 radical (unpaired) electrons. The first-order chi connectivity index (χ1) is 8.92. The van der Waals surface area contributed by atoms with Crippen molar-refractivity contribution < 1.29 is 23.1 Å². The molecule has 2 fully saturated rings. The van der Waals surface area contributed by atoms with Gasteiger partial charge in [0.15, 0.2) is 0 Å². The monoisotopic (exact) mass is 292 g/mol. The van der Waals surface area contributed by atoms with Crippen molar-refractivity contribution in [2.75, 3.05) is 20.2 Å². The van der Waals surface area contributed by atoms with Crippen LogP contribution >= 0.6 is 0 Å². The molecule has 2 aliphatic rings. The topological polar surface area (TPSA) is 95.9 Å². The largest absolute Gasteiger partial charge is 0.481 e. The van der Waals surface area contributed by atoms with Gasteiger partial charge in [0.2, 0.25) is 0 Å². The molecule has 0 amide bonds. The van der Waals surface area contributed by atoms with Crippen molar-refractivity contribution >= 4 is 16.2 Å². The van der Waals surface area contributed by atoms with Crippen LogP contribution in [-0.2, 0) is 19.7 Å². The van der Waals surface area contributed by atoms with Crippen molar-refractivity contribution in [2.24, 2.45) is 5.92 Å². The van der Waals surface area contributed by atoms with Crippen LogP contribution in [0.15, 0.2) is 0 Å². The normalized spacial score (nSPS) is 29.9. The minimum absolute atomic E-state index is 0.0628. The lowest BCUT2D eigenvalue weighted by molar-refractivity contribution is -0.142. The van der Waals surface area contributed by atoms with E-state index in [0.29, 0.717) is 25.7 Å². The highest BCUT2D eigenvalue weighted by atomic mass is 32.2. The number of ether oxygens (including phenoxy) is 1. The molecule has 19 heavy (non-hydrogen) atoms. The number of carboxylic acids is 1. The third-order valence-corrected chi connectivity index (χ3v) is 5.56. The Morgan fingerprint density at radius 1 is 1.32 bits per heavy atom. The molecule has 1 aliphatic heterocycles. The maximum atomic E-state index is 12.1. The first-order valence-electron chi connectivity index (χ1n) is 6.45. The van der Waals surface area contributed by atoms with Crippen molar-refractivity contribution in [1.82, 2.24) is 9.03 Å². The molecule has 2 N–H and O–H groups in total. The highest BCUT2D eigenvalue weighted by Gasteiger charge is 2.36. The highest BCUT2D eigenvalue weighted by molar-refractivity contribution is 7.87. The fourth-order valence-corrected chi connectivity index (χ4v) is 3.94. The molecule has 0 bridgehead atoms. The molecule has 2 rings (SSSR count). The maximum absolute atomic E-state index is 12.1. The van der Waals surface area contributed by atoms with E-state index in [1.165, 1.54) is 4.31 Å². The minimum Gasteiger partial charge on any atom is -0.481 e. The summed E-state index contributed by atoms with van der Waals surface area (Å²) in [4.78, 5) is 10.8. The quantitative estimate of drug-likeness (QED) is 0.731. The molecule has 1 heterocycles. The van der Waals surface area contributed by atoms with Gasteiger partial charge in [0.05, 0.1) is 12.0 Å². The van der Waals surface area contributed by atoms with E-state index in [0.717, 1.165) is 0 Å². The Kier molecular flexibility index (Phi) is 4.44. The van der Waals surface area contributed by atoms with Crippen LogP contribution in [0, 0.1) is 5.92 Å². The fraction of sp³-hybridized carbons (Fsp3) is 0.909. The van der Waals surface area contributed by atoms with E-state index in [2.05, 4.69) is 4.72 Å². The summed E-state index contributed by atoms with van der Waals surface area (Å²) in [6.07, 6.45) is 2.29. The van der Waals surface area contributed by atoms with Gasteiger partial charge in [-0.3, -0.25) is 4.79 Å². The molecule has 0 unspecified atom stereocenters. The van der Waals surface area contributed by atoms with E-state index in [9.17, 15) is 13.2 Å². The third kappa shape index (κ3) is 3.44. The summed E-state index contributed by atoms with van der Waals surface area (Å²) in [5, 5.41) is 8.88. The lowest BCUT2D eigenvalue weighted by atomic mass is 9.90. The van der Waals surface area contributed by atoms with E-state index in [1.807, 2.05) is 0 Å². The van der Waals surface area contributed by atoms with Gasteiger partial charge in [-0.25, -0.2) is 0 Å². The van der Waals surface area contributed by atoms with Gasteiger partial charge < -0.3 is 9.84 Å². The van der Waals surface area contributed by atoms with Crippen molar-refractivity contribution in [1.29, 1.82) is 0 Å². The number of rotatable bonds is 5. The molecule has 0 spiro atoms. The molecule has 0 aromatic heterocycles. The first-order valence-corrected chi connectivity index (χ1v) is 7.89. The summed E-state index contributed by atoms with van der Waals surface area (Å²) in [5.74, 6) is -1.26. The molecule has 0 aromatic carbocycles. The van der Waals surface area contributed by atoms with Gasteiger partial charge in [0.1, 0.15) is 0 Å². The van der Waals surface area contributed by atoms with Gasteiger partial charge in [-0.2, -0.15) is 17.4 Å². The SMILES string of the molecule is COC1CC(NS(=O)(=O)N2CCC(C(=O)O)CC2)C1. The van der Waals surface area contributed by atoms with Gasteiger partial charge in [0, 0.05) is 26.2 Å². The van der Waals surface area contributed by atoms with Gasteiger partial charge in [-0.05, 0) is 25.7 Å². The predicted octanol–water partition coefficient (Wildman–Crippen LogP) is -0.205. The second-order valence-corrected chi connectivity index (χ2v) is 6.86. The number of carbonyl (C=O) groups is 1.